The fourth-order valence-corrected chi connectivity index (χ4v) is 3.92. The van der Waals surface area contributed by atoms with Crippen LogP contribution < -0.4 is 5.32 Å². The van der Waals surface area contributed by atoms with E-state index in [1.54, 1.807) is 11.3 Å². The van der Waals surface area contributed by atoms with Crippen LogP contribution in [-0.2, 0) is 6.54 Å². The molecule has 1 aliphatic rings. The molecule has 3 rings (SSSR count). The zero-order chi connectivity index (χ0) is 13.1. The molecule has 0 spiro atoms. The first-order valence-corrected chi connectivity index (χ1v) is 7.84. The lowest BCUT2D eigenvalue weighted by Gasteiger charge is -2.17. The molecule has 102 valence electrons. The van der Waals surface area contributed by atoms with Gasteiger partial charge < -0.3 is 10.4 Å². The molecule has 0 aliphatic heterocycles. The Labute approximate surface area is 117 Å². The molecule has 0 bridgehead atoms. The summed E-state index contributed by atoms with van der Waals surface area (Å²) in [5.41, 5.74) is 1.10. The van der Waals surface area contributed by atoms with Crippen molar-refractivity contribution >= 4 is 21.6 Å². The van der Waals surface area contributed by atoms with Crippen LogP contribution in [0.4, 0.5) is 0 Å². The Morgan fingerprint density at radius 3 is 2.95 bits per heavy atom. The van der Waals surface area contributed by atoms with Gasteiger partial charge in [-0.1, -0.05) is 18.6 Å². The molecule has 0 amide bonds. The van der Waals surface area contributed by atoms with Crippen molar-refractivity contribution in [3.05, 3.63) is 29.3 Å². The normalized spacial score (nSPS) is 23.2. The van der Waals surface area contributed by atoms with Crippen LogP contribution in [0.15, 0.2) is 24.3 Å². The molecule has 1 aromatic heterocycles. The molecular formula is C15H20N2OS. The Kier molecular flexibility index (Phi) is 4.11. The maximum Gasteiger partial charge on any atom is 0.108 e. The van der Waals surface area contributed by atoms with Gasteiger partial charge in [0.1, 0.15) is 5.01 Å². The Morgan fingerprint density at radius 1 is 1.26 bits per heavy atom. The van der Waals surface area contributed by atoms with Crippen molar-refractivity contribution in [2.75, 3.05) is 13.2 Å². The van der Waals surface area contributed by atoms with Crippen molar-refractivity contribution in [2.24, 2.45) is 11.8 Å². The van der Waals surface area contributed by atoms with Crippen molar-refractivity contribution in [3.8, 4) is 0 Å². The van der Waals surface area contributed by atoms with Crippen LogP contribution in [0, 0.1) is 11.8 Å². The summed E-state index contributed by atoms with van der Waals surface area (Å²) < 4.78 is 1.26. The summed E-state index contributed by atoms with van der Waals surface area (Å²) in [7, 11) is 0. The molecule has 1 heterocycles. The summed E-state index contributed by atoms with van der Waals surface area (Å²) >= 11 is 1.76. The molecular weight excluding hydrogens is 256 g/mol. The molecule has 0 saturated heterocycles. The van der Waals surface area contributed by atoms with E-state index >= 15 is 0 Å². The minimum Gasteiger partial charge on any atom is -0.396 e. The fourth-order valence-electron chi connectivity index (χ4n) is 2.98. The number of rotatable bonds is 5. The lowest BCUT2D eigenvalue weighted by Crippen LogP contribution is -2.26. The highest BCUT2D eigenvalue weighted by atomic mass is 32.1. The van der Waals surface area contributed by atoms with Gasteiger partial charge in [0, 0.05) is 13.2 Å². The van der Waals surface area contributed by atoms with Crippen LogP contribution in [-0.4, -0.2) is 23.2 Å². The third kappa shape index (κ3) is 2.96. The minimum atomic E-state index is 0.341. The lowest BCUT2D eigenvalue weighted by molar-refractivity contribution is 0.192. The third-order valence-corrected chi connectivity index (χ3v) is 5.11. The number of thiazole rings is 1. The van der Waals surface area contributed by atoms with Gasteiger partial charge >= 0.3 is 0 Å². The van der Waals surface area contributed by atoms with Crippen LogP contribution >= 0.6 is 11.3 Å². The van der Waals surface area contributed by atoms with Gasteiger partial charge in [-0.05, 0) is 43.4 Å². The van der Waals surface area contributed by atoms with Gasteiger partial charge in [0.05, 0.1) is 10.2 Å². The summed E-state index contributed by atoms with van der Waals surface area (Å²) in [6, 6.07) is 8.27. The molecule has 1 aliphatic carbocycles. The van der Waals surface area contributed by atoms with Gasteiger partial charge in [0.25, 0.3) is 0 Å². The molecule has 3 nitrogen and oxygen atoms in total. The number of aliphatic hydroxyl groups excluding tert-OH is 1. The monoisotopic (exact) mass is 276 g/mol. The molecule has 2 unspecified atom stereocenters. The highest BCUT2D eigenvalue weighted by Gasteiger charge is 2.25. The summed E-state index contributed by atoms with van der Waals surface area (Å²) in [5.74, 6) is 1.14. The van der Waals surface area contributed by atoms with Crippen LogP contribution in [0.2, 0.25) is 0 Å². The van der Waals surface area contributed by atoms with E-state index in [1.165, 1.54) is 24.0 Å². The number of nitrogens with zero attached hydrogens (tertiary/aromatic N) is 1. The van der Waals surface area contributed by atoms with E-state index in [9.17, 15) is 5.11 Å². The van der Waals surface area contributed by atoms with Crippen LogP contribution in [0.25, 0.3) is 10.2 Å². The molecule has 2 atom stereocenters. The number of hydrogen-bond donors (Lipinski definition) is 2. The summed E-state index contributed by atoms with van der Waals surface area (Å²) in [4.78, 5) is 4.62. The zero-order valence-corrected chi connectivity index (χ0v) is 11.8. The molecule has 1 saturated carbocycles. The molecule has 1 aromatic carbocycles. The standard InChI is InChI=1S/C15H20N2OS/c18-10-12-5-3-4-11(12)8-16-9-15-17-13-6-1-2-7-14(13)19-15/h1-2,6-7,11-12,16,18H,3-5,8-10H2. The fraction of sp³-hybridized carbons (Fsp3) is 0.533. The molecule has 19 heavy (non-hydrogen) atoms. The Hall–Kier alpha value is -0.970. The first kappa shape index (κ1) is 13.0. The van der Waals surface area contributed by atoms with E-state index in [0.29, 0.717) is 18.4 Å². The van der Waals surface area contributed by atoms with Crippen molar-refractivity contribution in [2.45, 2.75) is 25.8 Å². The first-order chi connectivity index (χ1) is 9.36. The SMILES string of the molecule is OCC1CCCC1CNCc1nc2ccccc2s1. The van der Waals surface area contributed by atoms with E-state index in [2.05, 4.69) is 28.5 Å². The number of benzene rings is 1. The summed E-state index contributed by atoms with van der Waals surface area (Å²) in [6.07, 6.45) is 3.70. The van der Waals surface area contributed by atoms with E-state index in [0.717, 1.165) is 23.6 Å². The molecule has 0 radical (unpaired) electrons. The smallest absolute Gasteiger partial charge is 0.108 e. The van der Waals surface area contributed by atoms with Crippen molar-refractivity contribution in [1.82, 2.24) is 10.3 Å². The number of aliphatic hydroxyl groups is 1. The van der Waals surface area contributed by atoms with E-state index in [4.69, 9.17) is 0 Å². The van der Waals surface area contributed by atoms with Crippen molar-refractivity contribution in [3.63, 3.8) is 0 Å². The van der Waals surface area contributed by atoms with E-state index in [1.807, 2.05) is 6.07 Å². The number of para-hydroxylation sites is 1. The van der Waals surface area contributed by atoms with Gasteiger partial charge in [-0.3, -0.25) is 0 Å². The second-order valence-electron chi connectivity index (χ2n) is 5.34. The molecule has 2 N–H and O–H groups in total. The summed E-state index contributed by atoms with van der Waals surface area (Å²) in [6.45, 7) is 2.18. The van der Waals surface area contributed by atoms with Gasteiger partial charge in [0.15, 0.2) is 0 Å². The largest absolute Gasteiger partial charge is 0.396 e. The van der Waals surface area contributed by atoms with Crippen LogP contribution in [0.5, 0.6) is 0 Å². The predicted octanol–water partition coefficient (Wildman–Crippen LogP) is 2.79. The summed E-state index contributed by atoms with van der Waals surface area (Å²) in [5, 5.41) is 14.0. The Bertz CT molecular complexity index is 507. The Morgan fingerprint density at radius 2 is 2.11 bits per heavy atom. The quantitative estimate of drug-likeness (QED) is 0.882. The van der Waals surface area contributed by atoms with Crippen LogP contribution in [0.3, 0.4) is 0 Å². The lowest BCUT2D eigenvalue weighted by atomic mass is 9.97. The number of nitrogens with one attached hydrogen (secondary N) is 1. The molecule has 1 fully saturated rings. The topological polar surface area (TPSA) is 45.1 Å². The molecule has 2 aromatic rings. The van der Waals surface area contributed by atoms with Gasteiger partial charge in [-0.25, -0.2) is 4.98 Å². The zero-order valence-electron chi connectivity index (χ0n) is 11.0. The second kappa shape index (κ2) is 5.99. The average Bonchev–Trinajstić information content (AvgIpc) is 3.04. The number of hydrogen-bond acceptors (Lipinski definition) is 4. The van der Waals surface area contributed by atoms with Gasteiger partial charge in [-0.15, -0.1) is 11.3 Å². The van der Waals surface area contributed by atoms with E-state index in [-0.39, 0.29) is 0 Å². The highest BCUT2D eigenvalue weighted by molar-refractivity contribution is 7.18. The predicted molar refractivity (Wildman–Crippen MR) is 79.2 cm³/mol. The minimum absolute atomic E-state index is 0.341. The van der Waals surface area contributed by atoms with Gasteiger partial charge in [-0.2, -0.15) is 0 Å². The number of fused-ring (bicyclic) bond motifs is 1. The molecule has 4 heteroatoms. The van der Waals surface area contributed by atoms with Crippen LogP contribution in [0.1, 0.15) is 24.3 Å². The van der Waals surface area contributed by atoms with Crippen molar-refractivity contribution in [1.29, 1.82) is 0 Å². The highest BCUT2D eigenvalue weighted by Crippen LogP contribution is 2.30. The average molecular weight is 276 g/mol. The maximum absolute atomic E-state index is 9.31. The van der Waals surface area contributed by atoms with Gasteiger partial charge in [0.2, 0.25) is 0 Å². The van der Waals surface area contributed by atoms with Crippen molar-refractivity contribution < 1.29 is 5.11 Å². The van der Waals surface area contributed by atoms with E-state index < -0.39 is 0 Å². The first-order valence-electron chi connectivity index (χ1n) is 7.03. The number of aromatic nitrogens is 1. The second-order valence-corrected chi connectivity index (χ2v) is 6.46. The maximum atomic E-state index is 9.31. The third-order valence-electron chi connectivity index (χ3n) is 4.07. The Balaban J connectivity index is 1.54.